The van der Waals surface area contributed by atoms with E-state index in [0.29, 0.717) is 5.92 Å². The van der Waals surface area contributed by atoms with Crippen LogP contribution in [0.4, 0.5) is 0 Å². The van der Waals surface area contributed by atoms with Crippen molar-refractivity contribution < 1.29 is 4.79 Å². The molecule has 0 N–H and O–H groups in total. The minimum absolute atomic E-state index is 0.0795. The van der Waals surface area contributed by atoms with Crippen molar-refractivity contribution in [3.63, 3.8) is 0 Å². The second kappa shape index (κ2) is 4.02. The van der Waals surface area contributed by atoms with E-state index in [2.05, 4.69) is 24.3 Å². The molecule has 90 valence electrons. The van der Waals surface area contributed by atoms with Gasteiger partial charge in [0.05, 0.1) is 6.04 Å². The Kier molecular flexibility index (Phi) is 2.62. The first-order valence-electron chi connectivity index (χ1n) is 6.22. The van der Waals surface area contributed by atoms with Crippen LogP contribution in [0.15, 0.2) is 24.3 Å². The van der Waals surface area contributed by atoms with Crippen LogP contribution in [-0.2, 0) is 4.79 Å². The molecule has 2 heterocycles. The van der Waals surface area contributed by atoms with E-state index in [0.717, 1.165) is 13.0 Å². The van der Waals surface area contributed by atoms with Gasteiger partial charge in [-0.05, 0) is 30.9 Å². The molecule has 3 atom stereocenters. The molecule has 1 aromatic carbocycles. The minimum atomic E-state index is -0.415. The molecule has 4 rings (SSSR count). The number of alkyl halides is 1. The van der Waals surface area contributed by atoms with Crippen molar-refractivity contribution in [2.45, 2.75) is 37.1 Å². The number of piperidine rings is 1. The summed E-state index contributed by atoms with van der Waals surface area (Å²) in [4.78, 5) is 14.1. The number of nitrogens with zero attached hydrogens (tertiary/aromatic N) is 1. The van der Waals surface area contributed by atoms with Gasteiger partial charge in [-0.2, -0.15) is 0 Å². The van der Waals surface area contributed by atoms with Gasteiger partial charge < -0.3 is 4.90 Å². The Bertz CT molecular complexity index is 457. The van der Waals surface area contributed by atoms with Crippen LogP contribution in [0.5, 0.6) is 0 Å². The van der Waals surface area contributed by atoms with Crippen LogP contribution in [0.3, 0.4) is 0 Å². The van der Waals surface area contributed by atoms with E-state index in [4.69, 9.17) is 11.6 Å². The monoisotopic (exact) mass is 249 g/mol. The molecular weight excluding hydrogens is 234 g/mol. The summed E-state index contributed by atoms with van der Waals surface area (Å²) in [5, 5.41) is -0.415. The lowest BCUT2D eigenvalue weighted by Crippen LogP contribution is -2.47. The molecular formula is C14H16ClNO. The lowest BCUT2D eigenvalue weighted by Gasteiger charge is -2.47. The highest BCUT2D eigenvalue weighted by Gasteiger charge is 2.40. The molecule has 1 unspecified atom stereocenters. The lowest BCUT2D eigenvalue weighted by molar-refractivity contribution is -0.135. The third-order valence-electron chi connectivity index (χ3n) is 4.00. The Balaban J connectivity index is 1.99. The number of carbonyl (C=O) groups excluding carboxylic acids is 1. The fourth-order valence-corrected chi connectivity index (χ4v) is 3.33. The molecule has 1 aromatic rings. The molecule has 1 fully saturated rings. The second-order valence-corrected chi connectivity index (χ2v) is 5.68. The minimum Gasteiger partial charge on any atom is -0.334 e. The maximum atomic E-state index is 12.1. The molecule has 0 radical (unpaired) electrons. The van der Waals surface area contributed by atoms with E-state index in [9.17, 15) is 4.79 Å². The first-order chi connectivity index (χ1) is 8.18. The van der Waals surface area contributed by atoms with Gasteiger partial charge in [0.2, 0.25) is 5.91 Å². The van der Waals surface area contributed by atoms with Gasteiger partial charge in [0, 0.05) is 12.5 Å². The van der Waals surface area contributed by atoms with E-state index in [-0.39, 0.29) is 11.9 Å². The zero-order valence-corrected chi connectivity index (χ0v) is 10.7. The Morgan fingerprint density at radius 3 is 2.76 bits per heavy atom. The first kappa shape index (κ1) is 11.1. The summed E-state index contributed by atoms with van der Waals surface area (Å²) in [5.41, 5.74) is 2.77. The maximum absolute atomic E-state index is 12.1. The van der Waals surface area contributed by atoms with Crippen molar-refractivity contribution in [3.8, 4) is 0 Å². The molecule has 3 aliphatic rings. The summed E-state index contributed by atoms with van der Waals surface area (Å²) >= 11 is 5.93. The van der Waals surface area contributed by atoms with E-state index in [1.165, 1.54) is 17.5 Å². The van der Waals surface area contributed by atoms with E-state index >= 15 is 0 Å². The molecule has 0 aromatic heterocycles. The molecule has 3 heteroatoms. The average Bonchev–Trinajstić information content (AvgIpc) is 2.38. The largest absolute Gasteiger partial charge is 0.334 e. The summed E-state index contributed by atoms with van der Waals surface area (Å²) in [7, 11) is 0. The topological polar surface area (TPSA) is 20.3 Å². The van der Waals surface area contributed by atoms with Crippen LogP contribution in [0.1, 0.15) is 42.9 Å². The Morgan fingerprint density at radius 1 is 1.35 bits per heavy atom. The highest BCUT2D eigenvalue weighted by Crippen LogP contribution is 2.46. The van der Waals surface area contributed by atoms with Gasteiger partial charge in [-0.25, -0.2) is 0 Å². The van der Waals surface area contributed by atoms with Crippen LogP contribution in [0, 0.1) is 0 Å². The SMILES string of the molecule is CC(Cl)C(=O)N1C[C@@H]2CC[C@H]1c1ccccc12. The predicted molar refractivity (Wildman–Crippen MR) is 68.2 cm³/mol. The maximum Gasteiger partial charge on any atom is 0.240 e. The number of carbonyl (C=O) groups is 1. The van der Waals surface area contributed by atoms with Crippen LogP contribution in [0.25, 0.3) is 0 Å². The summed E-state index contributed by atoms with van der Waals surface area (Å²) in [6, 6.07) is 8.77. The Labute approximate surface area is 107 Å². The van der Waals surface area contributed by atoms with Gasteiger partial charge in [-0.15, -0.1) is 11.6 Å². The normalized spacial score (nSPS) is 27.8. The third kappa shape index (κ3) is 1.66. The Hall–Kier alpha value is -1.02. The van der Waals surface area contributed by atoms with E-state index in [1.54, 1.807) is 6.92 Å². The molecule has 2 aliphatic heterocycles. The smallest absolute Gasteiger partial charge is 0.240 e. The number of amides is 1. The van der Waals surface area contributed by atoms with Crippen LogP contribution < -0.4 is 0 Å². The second-order valence-electron chi connectivity index (χ2n) is 5.03. The Morgan fingerprint density at radius 2 is 2.06 bits per heavy atom. The summed E-state index contributed by atoms with van der Waals surface area (Å²) in [5.74, 6) is 0.589. The van der Waals surface area contributed by atoms with Crippen molar-refractivity contribution in [3.05, 3.63) is 35.4 Å². The lowest BCUT2D eigenvalue weighted by atomic mass is 9.75. The van der Waals surface area contributed by atoms with E-state index < -0.39 is 5.38 Å². The number of rotatable bonds is 1. The van der Waals surface area contributed by atoms with Crippen LogP contribution >= 0.6 is 11.6 Å². The molecule has 2 nitrogen and oxygen atoms in total. The predicted octanol–water partition coefficient (Wildman–Crippen LogP) is 3.07. The number of hydrogen-bond donors (Lipinski definition) is 0. The summed E-state index contributed by atoms with van der Waals surface area (Å²) < 4.78 is 0. The zero-order chi connectivity index (χ0) is 12.0. The zero-order valence-electron chi connectivity index (χ0n) is 9.90. The molecule has 17 heavy (non-hydrogen) atoms. The van der Waals surface area contributed by atoms with Crippen molar-refractivity contribution in [2.75, 3.05) is 6.54 Å². The quantitative estimate of drug-likeness (QED) is 0.701. The summed E-state index contributed by atoms with van der Waals surface area (Å²) in [6.45, 7) is 2.61. The van der Waals surface area contributed by atoms with Crippen LogP contribution in [-0.4, -0.2) is 22.7 Å². The van der Waals surface area contributed by atoms with Crippen LogP contribution in [0.2, 0.25) is 0 Å². The molecule has 1 amide bonds. The van der Waals surface area contributed by atoms with Gasteiger partial charge >= 0.3 is 0 Å². The molecule has 1 saturated heterocycles. The number of benzene rings is 1. The average molecular weight is 250 g/mol. The third-order valence-corrected chi connectivity index (χ3v) is 4.19. The standard InChI is InChI=1S/C14H16ClNO/c1-9(15)14(17)16-8-10-6-7-13(16)12-5-3-2-4-11(10)12/h2-5,9-10,13H,6-8H2,1H3/t9?,10-,13-/m0/s1. The molecule has 2 bridgehead atoms. The number of hydrogen-bond acceptors (Lipinski definition) is 1. The highest BCUT2D eigenvalue weighted by atomic mass is 35.5. The van der Waals surface area contributed by atoms with E-state index in [1.807, 2.05) is 4.90 Å². The van der Waals surface area contributed by atoms with Gasteiger partial charge in [-0.3, -0.25) is 4.79 Å². The number of fused-ring (bicyclic) bond motifs is 2. The first-order valence-corrected chi connectivity index (χ1v) is 6.65. The fraction of sp³-hybridized carbons (Fsp3) is 0.500. The summed E-state index contributed by atoms with van der Waals surface area (Å²) in [6.07, 6.45) is 2.28. The highest BCUT2D eigenvalue weighted by molar-refractivity contribution is 6.30. The molecule has 1 aliphatic carbocycles. The van der Waals surface area contributed by atoms with Crippen molar-refractivity contribution in [1.29, 1.82) is 0 Å². The fourth-order valence-electron chi connectivity index (χ4n) is 3.21. The van der Waals surface area contributed by atoms with Gasteiger partial charge in [0.1, 0.15) is 5.38 Å². The number of halogens is 1. The van der Waals surface area contributed by atoms with Gasteiger partial charge in [-0.1, -0.05) is 24.3 Å². The van der Waals surface area contributed by atoms with Gasteiger partial charge in [0.15, 0.2) is 0 Å². The van der Waals surface area contributed by atoms with Crippen molar-refractivity contribution in [1.82, 2.24) is 4.90 Å². The van der Waals surface area contributed by atoms with Crippen molar-refractivity contribution >= 4 is 17.5 Å². The molecule has 0 saturated carbocycles. The van der Waals surface area contributed by atoms with Crippen molar-refractivity contribution in [2.24, 2.45) is 0 Å². The van der Waals surface area contributed by atoms with Gasteiger partial charge in [0.25, 0.3) is 0 Å². The molecule has 0 spiro atoms.